The van der Waals surface area contributed by atoms with Crippen LogP contribution in [0.25, 0.3) is 0 Å². The second-order valence-electron chi connectivity index (χ2n) is 6.39. The van der Waals surface area contributed by atoms with Crippen LogP contribution < -0.4 is 10.6 Å². The van der Waals surface area contributed by atoms with Crippen molar-refractivity contribution in [2.45, 2.75) is 53.0 Å². The lowest BCUT2D eigenvalue weighted by Crippen LogP contribution is -2.46. The highest BCUT2D eigenvalue weighted by Gasteiger charge is 2.36. The van der Waals surface area contributed by atoms with Gasteiger partial charge in [0.1, 0.15) is 12.3 Å². The van der Waals surface area contributed by atoms with E-state index in [1.165, 1.54) is 19.3 Å². The highest BCUT2D eigenvalue weighted by atomic mass is 16.5. The van der Waals surface area contributed by atoms with Crippen LogP contribution in [0.3, 0.4) is 0 Å². The summed E-state index contributed by atoms with van der Waals surface area (Å²) in [6.07, 6.45) is 4.95. The monoisotopic (exact) mass is 322 g/mol. The maximum Gasteiger partial charge on any atom is 0.216 e. The van der Waals surface area contributed by atoms with Gasteiger partial charge in [0.15, 0.2) is 5.96 Å². The van der Waals surface area contributed by atoms with E-state index in [0.717, 1.165) is 43.5 Å². The summed E-state index contributed by atoms with van der Waals surface area (Å²) < 4.78 is 10.8. The normalized spacial score (nSPS) is 17.0. The molecule has 6 heteroatoms. The molecule has 0 unspecified atom stereocenters. The number of guanidine groups is 1. The van der Waals surface area contributed by atoms with E-state index in [4.69, 9.17) is 9.15 Å². The zero-order valence-electron chi connectivity index (χ0n) is 14.9. The van der Waals surface area contributed by atoms with E-state index in [1.54, 1.807) is 7.11 Å². The minimum atomic E-state index is 0.363. The van der Waals surface area contributed by atoms with Crippen molar-refractivity contribution in [1.29, 1.82) is 0 Å². The van der Waals surface area contributed by atoms with Crippen molar-refractivity contribution in [1.82, 2.24) is 15.6 Å². The molecule has 1 aliphatic carbocycles. The third-order valence-electron chi connectivity index (χ3n) is 4.67. The maximum absolute atomic E-state index is 5.58. The van der Waals surface area contributed by atoms with Gasteiger partial charge in [-0.05, 0) is 45.4 Å². The van der Waals surface area contributed by atoms with E-state index in [-0.39, 0.29) is 0 Å². The van der Waals surface area contributed by atoms with Crippen molar-refractivity contribution in [3.8, 4) is 0 Å². The van der Waals surface area contributed by atoms with Crippen LogP contribution in [0.15, 0.2) is 9.41 Å². The quantitative estimate of drug-likeness (QED) is 0.568. The number of nitrogens with zero attached hydrogens (tertiary/aromatic N) is 2. The molecule has 1 aliphatic rings. The molecule has 1 saturated carbocycles. The summed E-state index contributed by atoms with van der Waals surface area (Å²) >= 11 is 0. The van der Waals surface area contributed by atoms with E-state index in [2.05, 4.69) is 27.5 Å². The number of aliphatic imine (C=N–C) groups is 1. The molecule has 1 aromatic heterocycles. The molecule has 0 saturated heterocycles. The van der Waals surface area contributed by atoms with Crippen LogP contribution >= 0.6 is 0 Å². The Kier molecular flexibility index (Phi) is 6.45. The van der Waals surface area contributed by atoms with Crippen molar-refractivity contribution in [3.63, 3.8) is 0 Å². The van der Waals surface area contributed by atoms with Gasteiger partial charge in [-0.25, -0.2) is 9.98 Å². The molecular weight excluding hydrogens is 292 g/mol. The highest BCUT2D eigenvalue weighted by Crippen LogP contribution is 2.43. The van der Waals surface area contributed by atoms with E-state index in [1.807, 2.05) is 13.8 Å². The number of hydrogen-bond acceptors (Lipinski definition) is 4. The lowest BCUT2D eigenvalue weighted by molar-refractivity contribution is 0.0732. The van der Waals surface area contributed by atoms with Gasteiger partial charge in [-0.2, -0.15) is 0 Å². The molecule has 0 radical (unpaired) electrons. The van der Waals surface area contributed by atoms with Gasteiger partial charge in [0.2, 0.25) is 5.89 Å². The largest absolute Gasteiger partial charge is 0.444 e. The molecule has 1 heterocycles. The van der Waals surface area contributed by atoms with Crippen molar-refractivity contribution < 1.29 is 9.15 Å². The minimum Gasteiger partial charge on any atom is -0.444 e. The molecular formula is C17H30N4O2. The second kappa shape index (κ2) is 8.34. The molecule has 0 atom stereocenters. The Morgan fingerprint density at radius 1 is 1.35 bits per heavy atom. The Morgan fingerprint density at radius 2 is 2.13 bits per heavy atom. The molecule has 1 fully saturated rings. The van der Waals surface area contributed by atoms with Crippen LogP contribution in [-0.4, -0.2) is 37.7 Å². The molecule has 2 rings (SSSR count). The summed E-state index contributed by atoms with van der Waals surface area (Å²) in [4.78, 5) is 8.96. The second-order valence-corrected chi connectivity index (χ2v) is 6.39. The summed E-state index contributed by atoms with van der Waals surface area (Å²) in [5, 5.41) is 6.77. The molecule has 0 aromatic carbocycles. The fourth-order valence-corrected chi connectivity index (χ4v) is 2.88. The van der Waals surface area contributed by atoms with Gasteiger partial charge in [-0.15, -0.1) is 0 Å². The fraction of sp³-hybridized carbons (Fsp3) is 0.765. The smallest absolute Gasteiger partial charge is 0.216 e. The zero-order valence-corrected chi connectivity index (χ0v) is 14.9. The molecule has 1 aromatic rings. The van der Waals surface area contributed by atoms with Gasteiger partial charge in [-0.1, -0.05) is 6.42 Å². The summed E-state index contributed by atoms with van der Waals surface area (Å²) in [6.45, 7) is 8.99. The van der Waals surface area contributed by atoms with E-state index in [0.29, 0.717) is 17.9 Å². The third-order valence-corrected chi connectivity index (χ3v) is 4.67. The molecule has 130 valence electrons. The molecule has 2 N–H and O–H groups in total. The molecule has 6 nitrogen and oxygen atoms in total. The number of aryl methyl sites for hydroxylation is 2. The van der Waals surface area contributed by atoms with Gasteiger partial charge in [0.25, 0.3) is 0 Å². The van der Waals surface area contributed by atoms with Crippen LogP contribution in [0.5, 0.6) is 0 Å². The first-order valence-corrected chi connectivity index (χ1v) is 8.52. The Balaban J connectivity index is 1.90. The Morgan fingerprint density at radius 3 is 2.65 bits per heavy atom. The SMILES string of the molecule is CCNC(=NCc1nc(C)c(C)o1)NCC1(CCOC)CCC1. The van der Waals surface area contributed by atoms with Gasteiger partial charge in [-0.3, -0.25) is 0 Å². The first-order chi connectivity index (χ1) is 11.1. The first kappa shape index (κ1) is 17.8. The van der Waals surface area contributed by atoms with Crippen molar-refractivity contribution >= 4 is 5.96 Å². The predicted octanol–water partition coefficient (Wildman–Crippen LogP) is 2.55. The van der Waals surface area contributed by atoms with E-state index in [9.17, 15) is 0 Å². The number of nitrogens with one attached hydrogen (secondary N) is 2. The van der Waals surface area contributed by atoms with Gasteiger partial charge >= 0.3 is 0 Å². The molecule has 0 bridgehead atoms. The van der Waals surface area contributed by atoms with E-state index < -0.39 is 0 Å². The van der Waals surface area contributed by atoms with Crippen LogP contribution in [0.4, 0.5) is 0 Å². The number of aromatic nitrogens is 1. The van der Waals surface area contributed by atoms with Gasteiger partial charge in [0, 0.05) is 26.8 Å². The highest BCUT2D eigenvalue weighted by molar-refractivity contribution is 5.79. The van der Waals surface area contributed by atoms with Crippen molar-refractivity contribution in [2.75, 3.05) is 26.8 Å². The lowest BCUT2D eigenvalue weighted by Gasteiger charge is -2.42. The van der Waals surface area contributed by atoms with Crippen LogP contribution in [0.1, 0.15) is 50.0 Å². The van der Waals surface area contributed by atoms with Crippen molar-refractivity contribution in [2.24, 2.45) is 10.4 Å². The standard InChI is InChI=1S/C17H30N4O2/c1-5-18-16(19-11-15-21-13(2)14(3)23-15)20-12-17(7-6-8-17)9-10-22-4/h5-12H2,1-4H3,(H2,18,19,20). The third kappa shape index (κ3) is 4.96. The number of oxazole rings is 1. The van der Waals surface area contributed by atoms with Gasteiger partial charge in [0.05, 0.1) is 5.69 Å². The number of rotatable bonds is 8. The summed E-state index contributed by atoms with van der Waals surface area (Å²) in [5.74, 6) is 2.35. The fourth-order valence-electron chi connectivity index (χ4n) is 2.88. The first-order valence-electron chi connectivity index (χ1n) is 8.52. The molecule has 23 heavy (non-hydrogen) atoms. The Hall–Kier alpha value is -1.56. The van der Waals surface area contributed by atoms with Crippen molar-refractivity contribution in [3.05, 3.63) is 17.3 Å². The zero-order chi connectivity index (χ0) is 16.7. The lowest BCUT2D eigenvalue weighted by atomic mass is 9.67. The molecule has 0 amide bonds. The average molecular weight is 322 g/mol. The molecule has 0 aliphatic heterocycles. The Labute approximate surface area is 139 Å². The summed E-state index contributed by atoms with van der Waals surface area (Å²) in [7, 11) is 1.77. The topological polar surface area (TPSA) is 71.7 Å². The Bertz CT molecular complexity index is 501. The average Bonchev–Trinajstić information content (AvgIpc) is 2.81. The predicted molar refractivity (Wildman–Crippen MR) is 91.6 cm³/mol. The van der Waals surface area contributed by atoms with E-state index >= 15 is 0 Å². The van der Waals surface area contributed by atoms with Crippen LogP contribution in [-0.2, 0) is 11.3 Å². The van der Waals surface area contributed by atoms with Crippen LogP contribution in [0.2, 0.25) is 0 Å². The number of methoxy groups -OCH3 is 1. The summed E-state index contributed by atoms with van der Waals surface area (Å²) in [5.41, 5.74) is 1.30. The number of ether oxygens (including phenoxy) is 1. The summed E-state index contributed by atoms with van der Waals surface area (Å²) in [6, 6.07) is 0. The molecule has 0 spiro atoms. The number of hydrogen-bond donors (Lipinski definition) is 2. The minimum absolute atomic E-state index is 0.363. The van der Waals surface area contributed by atoms with Crippen LogP contribution in [0, 0.1) is 19.3 Å². The maximum atomic E-state index is 5.58. The van der Waals surface area contributed by atoms with Gasteiger partial charge < -0.3 is 19.8 Å².